The lowest BCUT2D eigenvalue weighted by atomic mass is 10.1. The first-order chi connectivity index (χ1) is 14.7. The Balaban J connectivity index is 1.67. The van der Waals surface area contributed by atoms with Crippen molar-refractivity contribution in [2.24, 2.45) is 0 Å². The second kappa shape index (κ2) is 11.4. The molecular formula is C24H29NO5. The van der Waals surface area contributed by atoms with Gasteiger partial charge in [0.1, 0.15) is 12.4 Å². The molecule has 1 N–H and O–H groups in total. The van der Waals surface area contributed by atoms with E-state index in [0.29, 0.717) is 37.7 Å². The van der Waals surface area contributed by atoms with E-state index in [4.69, 9.17) is 18.6 Å². The van der Waals surface area contributed by atoms with Crippen LogP contribution < -0.4 is 9.47 Å². The van der Waals surface area contributed by atoms with Gasteiger partial charge in [-0.15, -0.1) is 0 Å². The molecule has 0 saturated heterocycles. The van der Waals surface area contributed by atoms with Crippen LogP contribution in [-0.2, 0) is 24.4 Å². The van der Waals surface area contributed by atoms with Gasteiger partial charge in [-0.3, -0.25) is 4.90 Å². The van der Waals surface area contributed by atoms with Crippen LogP contribution >= 0.6 is 0 Å². The van der Waals surface area contributed by atoms with Crippen LogP contribution in [-0.4, -0.2) is 43.5 Å². The van der Waals surface area contributed by atoms with Gasteiger partial charge < -0.3 is 23.7 Å². The van der Waals surface area contributed by atoms with Gasteiger partial charge in [-0.25, -0.2) is 0 Å². The summed E-state index contributed by atoms with van der Waals surface area (Å²) in [5.41, 5.74) is 2.17. The highest BCUT2D eigenvalue weighted by Gasteiger charge is 2.17. The zero-order valence-electron chi connectivity index (χ0n) is 17.5. The lowest BCUT2D eigenvalue weighted by Crippen LogP contribution is -2.34. The number of rotatable bonds is 12. The predicted octanol–water partition coefficient (Wildman–Crippen LogP) is 3.88. The molecule has 0 aliphatic heterocycles. The van der Waals surface area contributed by atoms with Crippen LogP contribution in [0, 0.1) is 0 Å². The second-order valence-corrected chi connectivity index (χ2v) is 7.06. The van der Waals surface area contributed by atoms with Crippen molar-refractivity contribution >= 4 is 0 Å². The van der Waals surface area contributed by atoms with Gasteiger partial charge in [0.2, 0.25) is 0 Å². The van der Waals surface area contributed by atoms with Gasteiger partial charge in [-0.1, -0.05) is 42.5 Å². The molecule has 30 heavy (non-hydrogen) atoms. The van der Waals surface area contributed by atoms with Crippen molar-refractivity contribution in [3.8, 4) is 11.5 Å². The van der Waals surface area contributed by atoms with Crippen LogP contribution in [0.25, 0.3) is 0 Å². The van der Waals surface area contributed by atoms with Crippen LogP contribution in [0.1, 0.15) is 16.9 Å². The fraction of sp³-hybridized carbons (Fsp3) is 0.333. The normalized spacial score (nSPS) is 12.1. The lowest BCUT2D eigenvalue weighted by molar-refractivity contribution is 0.00243. The van der Waals surface area contributed by atoms with E-state index in [9.17, 15) is 5.11 Å². The summed E-state index contributed by atoms with van der Waals surface area (Å²) in [6.45, 7) is 2.31. The maximum atomic E-state index is 10.6. The van der Waals surface area contributed by atoms with Crippen molar-refractivity contribution in [1.82, 2.24) is 4.90 Å². The first-order valence-electron chi connectivity index (χ1n) is 9.94. The molecule has 0 saturated carbocycles. The van der Waals surface area contributed by atoms with E-state index in [0.717, 1.165) is 11.3 Å². The van der Waals surface area contributed by atoms with Crippen LogP contribution in [0.3, 0.4) is 0 Å². The van der Waals surface area contributed by atoms with Crippen molar-refractivity contribution in [2.45, 2.75) is 25.8 Å². The Morgan fingerprint density at radius 1 is 0.933 bits per heavy atom. The predicted molar refractivity (Wildman–Crippen MR) is 114 cm³/mol. The van der Waals surface area contributed by atoms with Gasteiger partial charge in [-0.05, 0) is 23.8 Å². The van der Waals surface area contributed by atoms with Crippen LogP contribution in [0.15, 0.2) is 71.3 Å². The van der Waals surface area contributed by atoms with Crippen molar-refractivity contribution in [3.63, 3.8) is 0 Å². The molecule has 1 aromatic heterocycles. The molecule has 6 nitrogen and oxygen atoms in total. The molecule has 0 amide bonds. The number of hydrogen-bond donors (Lipinski definition) is 1. The first kappa shape index (κ1) is 21.9. The summed E-state index contributed by atoms with van der Waals surface area (Å²) < 4.78 is 21.9. The molecule has 160 valence electrons. The van der Waals surface area contributed by atoms with E-state index in [1.165, 1.54) is 5.56 Å². The molecule has 1 atom stereocenters. The van der Waals surface area contributed by atoms with E-state index in [1.807, 2.05) is 48.5 Å². The lowest BCUT2D eigenvalue weighted by Gasteiger charge is -2.26. The summed E-state index contributed by atoms with van der Waals surface area (Å²) in [7, 11) is 3.27. The Bertz CT molecular complexity index is 867. The van der Waals surface area contributed by atoms with Gasteiger partial charge in [0.25, 0.3) is 0 Å². The number of para-hydroxylation sites is 1. The molecule has 0 bridgehead atoms. The van der Waals surface area contributed by atoms with Gasteiger partial charge in [0, 0.05) is 25.2 Å². The number of aliphatic hydroxyl groups excluding tert-OH is 1. The summed E-state index contributed by atoms with van der Waals surface area (Å²) in [4.78, 5) is 2.17. The molecule has 0 fully saturated rings. The van der Waals surface area contributed by atoms with Crippen molar-refractivity contribution in [1.29, 1.82) is 0 Å². The molecule has 6 heteroatoms. The fourth-order valence-corrected chi connectivity index (χ4v) is 3.39. The van der Waals surface area contributed by atoms with E-state index in [-0.39, 0.29) is 6.61 Å². The number of ether oxygens (including phenoxy) is 3. The molecule has 0 aliphatic rings. The van der Waals surface area contributed by atoms with Gasteiger partial charge in [0.05, 0.1) is 33.2 Å². The maximum Gasteiger partial charge on any atom is 0.165 e. The third-order valence-corrected chi connectivity index (χ3v) is 4.73. The average molecular weight is 411 g/mol. The van der Waals surface area contributed by atoms with Crippen LogP contribution in [0.2, 0.25) is 0 Å². The molecular weight excluding hydrogens is 382 g/mol. The highest BCUT2D eigenvalue weighted by Crippen LogP contribution is 2.31. The average Bonchev–Trinajstić information content (AvgIpc) is 3.27. The molecule has 2 aromatic carbocycles. The molecule has 0 aliphatic carbocycles. The smallest absolute Gasteiger partial charge is 0.165 e. The third kappa shape index (κ3) is 6.35. The molecule has 0 spiro atoms. The van der Waals surface area contributed by atoms with Crippen molar-refractivity contribution in [3.05, 3.63) is 83.8 Å². The third-order valence-electron chi connectivity index (χ3n) is 4.73. The van der Waals surface area contributed by atoms with E-state index in [2.05, 4.69) is 17.0 Å². The Morgan fingerprint density at radius 2 is 1.77 bits per heavy atom. The van der Waals surface area contributed by atoms with Crippen LogP contribution in [0.4, 0.5) is 0 Å². The van der Waals surface area contributed by atoms with Gasteiger partial charge >= 0.3 is 0 Å². The molecule has 3 rings (SSSR count). The number of furan rings is 1. The minimum Gasteiger partial charge on any atom is -0.493 e. The SMILES string of the molecule is COc1cccc(CN(Cc2ccccc2)C[C@@H](O)COCc2ccco2)c1OC. The van der Waals surface area contributed by atoms with Crippen LogP contribution in [0.5, 0.6) is 11.5 Å². The highest BCUT2D eigenvalue weighted by atomic mass is 16.5. The summed E-state index contributed by atoms with van der Waals surface area (Å²) >= 11 is 0. The van der Waals surface area contributed by atoms with E-state index in [1.54, 1.807) is 20.5 Å². The van der Waals surface area contributed by atoms with Gasteiger partial charge in [0.15, 0.2) is 11.5 Å². The minimum absolute atomic E-state index is 0.223. The first-order valence-corrected chi connectivity index (χ1v) is 9.94. The van der Waals surface area contributed by atoms with Crippen molar-refractivity contribution < 1.29 is 23.7 Å². The number of nitrogens with zero attached hydrogens (tertiary/aromatic N) is 1. The number of benzene rings is 2. The standard InChI is InChI=1S/C24H29NO5/c1-27-23-12-6-10-20(24(23)28-2)15-25(14-19-8-4-3-5-9-19)16-21(26)17-29-18-22-11-7-13-30-22/h3-13,21,26H,14-18H2,1-2H3/t21-/m1/s1. The summed E-state index contributed by atoms with van der Waals surface area (Å²) in [5.74, 6) is 2.14. The summed E-state index contributed by atoms with van der Waals surface area (Å²) in [6.07, 6.45) is 0.971. The fourth-order valence-electron chi connectivity index (χ4n) is 3.39. The Labute approximate surface area is 177 Å². The zero-order valence-corrected chi connectivity index (χ0v) is 17.5. The quantitative estimate of drug-likeness (QED) is 0.488. The topological polar surface area (TPSA) is 64.3 Å². The molecule has 3 aromatic rings. The van der Waals surface area contributed by atoms with E-state index >= 15 is 0 Å². The second-order valence-electron chi connectivity index (χ2n) is 7.06. The number of methoxy groups -OCH3 is 2. The zero-order chi connectivity index (χ0) is 21.2. The highest BCUT2D eigenvalue weighted by molar-refractivity contribution is 5.46. The largest absolute Gasteiger partial charge is 0.493 e. The Kier molecular flexibility index (Phi) is 8.32. The maximum absolute atomic E-state index is 10.6. The summed E-state index contributed by atoms with van der Waals surface area (Å²) in [6, 6.07) is 19.7. The molecule has 1 heterocycles. The minimum atomic E-state index is -0.639. The van der Waals surface area contributed by atoms with E-state index < -0.39 is 6.10 Å². The molecule has 0 radical (unpaired) electrons. The molecule has 0 unspecified atom stereocenters. The Hall–Kier alpha value is -2.80. The number of hydrogen-bond acceptors (Lipinski definition) is 6. The number of aliphatic hydroxyl groups is 1. The monoisotopic (exact) mass is 411 g/mol. The van der Waals surface area contributed by atoms with Gasteiger partial charge in [-0.2, -0.15) is 0 Å². The Morgan fingerprint density at radius 3 is 2.47 bits per heavy atom. The van der Waals surface area contributed by atoms with Crippen molar-refractivity contribution in [2.75, 3.05) is 27.4 Å². The summed E-state index contributed by atoms with van der Waals surface area (Å²) in [5, 5.41) is 10.6.